The number of carbonyl (C=O) groups is 3. The van der Waals surface area contributed by atoms with Crippen LogP contribution in [0.3, 0.4) is 0 Å². The molecule has 0 atom stereocenters. The molecule has 84 valence electrons. The van der Waals surface area contributed by atoms with Crippen LogP contribution in [0.5, 0.6) is 0 Å². The molecule has 5 nitrogen and oxygen atoms in total. The van der Waals surface area contributed by atoms with Gasteiger partial charge in [0.05, 0.1) is 0 Å². The lowest BCUT2D eigenvalue weighted by Gasteiger charge is -2.02. The van der Waals surface area contributed by atoms with Gasteiger partial charge in [-0.15, -0.1) is 0 Å². The average Bonchev–Trinajstić information content (AvgIpc) is 2.20. The Morgan fingerprint density at radius 3 is 2.27 bits per heavy atom. The molecule has 0 aromatic heterocycles. The quantitative estimate of drug-likeness (QED) is 0.281. The van der Waals surface area contributed by atoms with Gasteiger partial charge in [0.2, 0.25) is 5.78 Å². The molecular formula is C10H14O5. The van der Waals surface area contributed by atoms with Crippen molar-refractivity contribution in [1.29, 1.82) is 0 Å². The Morgan fingerprint density at radius 2 is 1.73 bits per heavy atom. The summed E-state index contributed by atoms with van der Waals surface area (Å²) in [5.41, 5.74) is 0. The Bertz CT molecular complexity index is 267. The van der Waals surface area contributed by atoms with Gasteiger partial charge in [0.15, 0.2) is 0 Å². The Hall–Kier alpha value is -1.65. The molecule has 0 radical (unpaired) electrons. The molecule has 15 heavy (non-hydrogen) atoms. The molecule has 0 saturated carbocycles. The van der Waals surface area contributed by atoms with E-state index in [9.17, 15) is 14.4 Å². The minimum atomic E-state index is -0.921. The number of carbonyl (C=O) groups excluding carboxylic acids is 3. The zero-order valence-electron chi connectivity index (χ0n) is 8.82. The summed E-state index contributed by atoms with van der Waals surface area (Å²) in [5, 5.41) is 0. The van der Waals surface area contributed by atoms with Crippen LogP contribution in [-0.2, 0) is 23.9 Å². The smallest absolute Gasteiger partial charge is 0.374 e. The Balaban J connectivity index is 3.55. The number of ketones is 1. The third-order valence-electron chi connectivity index (χ3n) is 1.34. The summed E-state index contributed by atoms with van der Waals surface area (Å²) in [6, 6.07) is 0. The Morgan fingerprint density at radius 1 is 1.13 bits per heavy atom. The number of ether oxygens (including phenoxy) is 2. The predicted molar refractivity (Wildman–Crippen MR) is 52.0 cm³/mol. The second-order valence-corrected chi connectivity index (χ2v) is 2.67. The van der Waals surface area contributed by atoms with Crippen molar-refractivity contribution in [2.45, 2.75) is 20.3 Å². The van der Waals surface area contributed by atoms with Gasteiger partial charge in [-0.3, -0.25) is 4.79 Å². The average molecular weight is 214 g/mol. The lowest BCUT2D eigenvalue weighted by atomic mass is 10.4. The van der Waals surface area contributed by atoms with Crippen molar-refractivity contribution in [2.75, 3.05) is 13.2 Å². The second kappa shape index (κ2) is 7.73. The van der Waals surface area contributed by atoms with Crippen LogP contribution < -0.4 is 0 Å². The lowest BCUT2D eigenvalue weighted by molar-refractivity contribution is -0.155. The van der Waals surface area contributed by atoms with Gasteiger partial charge in [0.1, 0.15) is 13.2 Å². The molecule has 0 spiro atoms. The van der Waals surface area contributed by atoms with Crippen molar-refractivity contribution >= 4 is 17.7 Å². The van der Waals surface area contributed by atoms with E-state index in [1.165, 1.54) is 6.08 Å². The largest absolute Gasteiger partial charge is 0.459 e. The van der Waals surface area contributed by atoms with Crippen LogP contribution in [0.15, 0.2) is 12.2 Å². The predicted octanol–water partition coefficient (Wildman–Crippen LogP) is 0.628. The van der Waals surface area contributed by atoms with Gasteiger partial charge in [-0.1, -0.05) is 13.0 Å². The highest BCUT2D eigenvalue weighted by Crippen LogP contribution is 1.86. The van der Waals surface area contributed by atoms with E-state index in [1.807, 2.05) is 6.92 Å². The molecule has 0 bridgehead atoms. The Labute approximate surface area is 88.0 Å². The maximum absolute atomic E-state index is 10.9. The van der Waals surface area contributed by atoms with E-state index >= 15 is 0 Å². The van der Waals surface area contributed by atoms with Gasteiger partial charge in [0.25, 0.3) is 0 Å². The van der Waals surface area contributed by atoms with Gasteiger partial charge in [-0.25, -0.2) is 9.59 Å². The third kappa shape index (κ3) is 7.42. The first-order valence-electron chi connectivity index (χ1n) is 4.59. The van der Waals surface area contributed by atoms with Crippen LogP contribution in [0.2, 0.25) is 0 Å². The van der Waals surface area contributed by atoms with E-state index in [-0.39, 0.29) is 13.2 Å². The maximum atomic E-state index is 10.9. The van der Waals surface area contributed by atoms with Crippen molar-refractivity contribution in [3.8, 4) is 0 Å². The summed E-state index contributed by atoms with van der Waals surface area (Å²) in [6.45, 7) is 2.84. The number of hydrogen-bond donors (Lipinski definition) is 0. The first-order valence-corrected chi connectivity index (χ1v) is 4.59. The molecule has 0 amide bonds. The molecule has 0 aliphatic carbocycles. The van der Waals surface area contributed by atoms with Crippen LogP contribution in [0.1, 0.15) is 20.3 Å². The standard InChI is InChI=1S/C10H14O5/c1-3-4-5-9(12)14-6-7-15-10(13)8(2)11/h4-5H,3,6-7H2,1-2H3/b5-4+. The van der Waals surface area contributed by atoms with Crippen molar-refractivity contribution < 1.29 is 23.9 Å². The third-order valence-corrected chi connectivity index (χ3v) is 1.34. The molecule has 0 aromatic carbocycles. The van der Waals surface area contributed by atoms with Crippen LogP contribution in [0.25, 0.3) is 0 Å². The van der Waals surface area contributed by atoms with Gasteiger partial charge in [-0.05, 0) is 6.42 Å². The molecule has 0 N–H and O–H groups in total. The van der Waals surface area contributed by atoms with E-state index in [2.05, 4.69) is 9.47 Å². The SMILES string of the molecule is CC/C=C/C(=O)OCCOC(=O)C(C)=O. The zero-order chi connectivity index (χ0) is 11.7. The number of Topliss-reactive ketones (excluding diaryl/α,β-unsaturated/α-hetero) is 1. The molecule has 0 aromatic rings. The van der Waals surface area contributed by atoms with Crippen molar-refractivity contribution in [3.63, 3.8) is 0 Å². The molecule has 0 rings (SSSR count). The number of hydrogen-bond acceptors (Lipinski definition) is 5. The summed E-state index contributed by atoms with van der Waals surface area (Å²) < 4.78 is 9.13. The topological polar surface area (TPSA) is 69.7 Å². The fraction of sp³-hybridized carbons (Fsp3) is 0.500. The van der Waals surface area contributed by atoms with E-state index in [4.69, 9.17) is 0 Å². The number of esters is 2. The summed E-state index contributed by atoms with van der Waals surface area (Å²) in [4.78, 5) is 31.9. The van der Waals surface area contributed by atoms with Crippen LogP contribution in [0, 0.1) is 0 Å². The minimum Gasteiger partial charge on any atom is -0.459 e. The highest BCUT2D eigenvalue weighted by atomic mass is 16.6. The van der Waals surface area contributed by atoms with E-state index in [0.29, 0.717) is 0 Å². The molecule has 0 aliphatic rings. The molecule has 0 unspecified atom stereocenters. The van der Waals surface area contributed by atoms with Crippen molar-refractivity contribution in [1.82, 2.24) is 0 Å². The second-order valence-electron chi connectivity index (χ2n) is 2.67. The highest BCUT2D eigenvalue weighted by Gasteiger charge is 2.08. The zero-order valence-corrected chi connectivity index (χ0v) is 8.82. The van der Waals surface area contributed by atoms with E-state index in [1.54, 1.807) is 6.08 Å². The van der Waals surface area contributed by atoms with Crippen LogP contribution in [0.4, 0.5) is 0 Å². The summed E-state index contributed by atoms with van der Waals surface area (Å²) in [6.07, 6.45) is 3.70. The fourth-order valence-corrected chi connectivity index (χ4v) is 0.640. The highest BCUT2D eigenvalue weighted by molar-refractivity contribution is 6.32. The Kier molecular flexibility index (Phi) is 6.88. The summed E-state index contributed by atoms with van der Waals surface area (Å²) in [5.74, 6) is -2.09. The van der Waals surface area contributed by atoms with Crippen molar-refractivity contribution in [3.05, 3.63) is 12.2 Å². The lowest BCUT2D eigenvalue weighted by Crippen LogP contribution is -2.17. The molecule has 0 aliphatic heterocycles. The molecule has 0 fully saturated rings. The summed E-state index contributed by atoms with van der Waals surface area (Å²) in [7, 11) is 0. The molecule has 0 heterocycles. The normalized spacial score (nSPS) is 10.0. The minimum absolute atomic E-state index is 0.0497. The van der Waals surface area contributed by atoms with E-state index in [0.717, 1.165) is 13.3 Å². The van der Waals surface area contributed by atoms with E-state index < -0.39 is 17.7 Å². The van der Waals surface area contributed by atoms with Gasteiger partial charge in [0, 0.05) is 13.0 Å². The van der Waals surface area contributed by atoms with Gasteiger partial charge < -0.3 is 9.47 Å². The fourth-order valence-electron chi connectivity index (χ4n) is 0.640. The van der Waals surface area contributed by atoms with Crippen LogP contribution >= 0.6 is 0 Å². The van der Waals surface area contributed by atoms with Gasteiger partial charge >= 0.3 is 11.9 Å². The monoisotopic (exact) mass is 214 g/mol. The maximum Gasteiger partial charge on any atom is 0.374 e. The summed E-state index contributed by atoms with van der Waals surface area (Å²) >= 11 is 0. The first-order chi connectivity index (χ1) is 7.07. The van der Waals surface area contributed by atoms with Crippen LogP contribution in [-0.4, -0.2) is 30.9 Å². The molecule has 0 saturated heterocycles. The number of allylic oxidation sites excluding steroid dienone is 1. The first kappa shape index (κ1) is 13.4. The molecular weight excluding hydrogens is 200 g/mol. The molecule has 5 heteroatoms. The van der Waals surface area contributed by atoms with Crippen molar-refractivity contribution in [2.24, 2.45) is 0 Å². The number of rotatable bonds is 6. The van der Waals surface area contributed by atoms with Gasteiger partial charge in [-0.2, -0.15) is 0 Å².